The molecular formula is C19H22N4OS. The number of amides is 1. The zero-order chi connectivity index (χ0) is 17.4. The summed E-state index contributed by atoms with van der Waals surface area (Å²) in [7, 11) is 0. The van der Waals surface area contributed by atoms with Crippen molar-refractivity contribution in [3.8, 4) is 0 Å². The number of fused-ring (bicyclic) bond motifs is 1. The molecule has 1 aromatic carbocycles. The third kappa shape index (κ3) is 3.07. The van der Waals surface area contributed by atoms with Crippen LogP contribution in [0.5, 0.6) is 0 Å². The molecule has 6 heteroatoms. The van der Waals surface area contributed by atoms with Crippen molar-refractivity contribution in [3.63, 3.8) is 0 Å². The molecule has 130 valence electrons. The summed E-state index contributed by atoms with van der Waals surface area (Å²) >= 11 is 1.56. The first kappa shape index (κ1) is 16.3. The van der Waals surface area contributed by atoms with Gasteiger partial charge in [0.25, 0.3) is 5.91 Å². The fourth-order valence-corrected chi connectivity index (χ4v) is 4.48. The maximum Gasteiger partial charge on any atom is 0.264 e. The van der Waals surface area contributed by atoms with Gasteiger partial charge in [-0.15, -0.1) is 11.3 Å². The molecule has 1 unspecified atom stereocenters. The molecule has 1 N–H and O–H groups in total. The molecule has 5 nitrogen and oxygen atoms in total. The number of hydrogen-bond donors (Lipinski definition) is 1. The van der Waals surface area contributed by atoms with E-state index >= 15 is 0 Å². The molecule has 3 heterocycles. The van der Waals surface area contributed by atoms with Gasteiger partial charge in [-0.2, -0.15) is 5.10 Å². The maximum absolute atomic E-state index is 12.9. The largest absolute Gasteiger partial charge is 0.333 e. The zero-order valence-electron chi connectivity index (χ0n) is 14.5. The molecule has 0 saturated carbocycles. The fourth-order valence-electron chi connectivity index (χ4n) is 3.37. The monoisotopic (exact) mass is 354 g/mol. The van der Waals surface area contributed by atoms with E-state index in [2.05, 4.69) is 29.5 Å². The van der Waals surface area contributed by atoms with Gasteiger partial charge in [0.15, 0.2) is 0 Å². The minimum Gasteiger partial charge on any atom is -0.333 e. The van der Waals surface area contributed by atoms with Crippen LogP contribution in [0.25, 0.3) is 10.2 Å². The van der Waals surface area contributed by atoms with Crippen molar-refractivity contribution in [2.75, 3.05) is 19.6 Å². The Morgan fingerprint density at radius 1 is 1.36 bits per heavy atom. The van der Waals surface area contributed by atoms with Gasteiger partial charge in [0.1, 0.15) is 4.83 Å². The van der Waals surface area contributed by atoms with Crippen molar-refractivity contribution in [1.29, 1.82) is 0 Å². The second kappa shape index (κ2) is 6.61. The number of benzene rings is 1. The van der Waals surface area contributed by atoms with Crippen molar-refractivity contribution in [2.24, 2.45) is 0 Å². The minimum absolute atomic E-state index is 0.140. The lowest BCUT2D eigenvalue weighted by Crippen LogP contribution is -2.52. The Labute approximate surface area is 151 Å². The van der Waals surface area contributed by atoms with Crippen molar-refractivity contribution < 1.29 is 4.79 Å². The summed E-state index contributed by atoms with van der Waals surface area (Å²) in [5.41, 5.74) is 2.19. The first-order chi connectivity index (χ1) is 12.1. The van der Waals surface area contributed by atoms with E-state index < -0.39 is 0 Å². The molecule has 25 heavy (non-hydrogen) atoms. The number of rotatable bonds is 3. The standard InChI is InChI=1S/C19H22N4OS/c1-13-11-20-8-9-22(13)18(24)17-10-16-14(2)21-23(19(16)25-17)12-15-6-4-3-5-7-15/h3-7,10,13,20H,8-9,11-12H2,1-2H3. The van der Waals surface area contributed by atoms with Crippen LogP contribution >= 0.6 is 11.3 Å². The van der Waals surface area contributed by atoms with Crippen LogP contribution in [0.3, 0.4) is 0 Å². The summed E-state index contributed by atoms with van der Waals surface area (Å²) in [5, 5.41) is 9.09. The highest BCUT2D eigenvalue weighted by Gasteiger charge is 2.26. The van der Waals surface area contributed by atoms with E-state index in [1.165, 1.54) is 5.56 Å². The third-order valence-electron chi connectivity index (χ3n) is 4.76. The van der Waals surface area contributed by atoms with E-state index in [4.69, 9.17) is 0 Å². The predicted octanol–water partition coefficient (Wildman–Crippen LogP) is 2.89. The lowest BCUT2D eigenvalue weighted by atomic mass is 10.2. The lowest BCUT2D eigenvalue weighted by molar-refractivity contribution is 0.0661. The van der Waals surface area contributed by atoms with Crippen LogP contribution in [0.4, 0.5) is 0 Å². The Morgan fingerprint density at radius 2 is 2.16 bits per heavy atom. The number of aryl methyl sites for hydroxylation is 1. The molecular weight excluding hydrogens is 332 g/mol. The van der Waals surface area contributed by atoms with Crippen LogP contribution in [-0.4, -0.2) is 46.3 Å². The van der Waals surface area contributed by atoms with Crippen LogP contribution in [0, 0.1) is 6.92 Å². The van der Waals surface area contributed by atoms with Crippen LogP contribution in [-0.2, 0) is 6.54 Å². The molecule has 1 aliphatic heterocycles. The Morgan fingerprint density at radius 3 is 2.92 bits per heavy atom. The molecule has 3 aromatic rings. The predicted molar refractivity (Wildman–Crippen MR) is 101 cm³/mol. The van der Waals surface area contributed by atoms with Gasteiger partial charge < -0.3 is 10.2 Å². The number of carbonyl (C=O) groups excluding carboxylic acids is 1. The van der Waals surface area contributed by atoms with Crippen molar-refractivity contribution in [2.45, 2.75) is 26.4 Å². The van der Waals surface area contributed by atoms with Gasteiger partial charge in [0.2, 0.25) is 0 Å². The van der Waals surface area contributed by atoms with Gasteiger partial charge in [-0.05, 0) is 25.5 Å². The highest BCUT2D eigenvalue weighted by Crippen LogP contribution is 2.30. The number of nitrogens with one attached hydrogen (secondary N) is 1. The molecule has 0 aliphatic carbocycles. The summed E-state index contributed by atoms with van der Waals surface area (Å²) in [4.78, 5) is 16.8. The second-order valence-corrected chi connectivity index (χ2v) is 7.64. The maximum atomic E-state index is 12.9. The zero-order valence-corrected chi connectivity index (χ0v) is 15.3. The minimum atomic E-state index is 0.140. The van der Waals surface area contributed by atoms with E-state index in [1.54, 1.807) is 11.3 Å². The number of piperazine rings is 1. The Hall–Kier alpha value is -2.18. The molecule has 1 amide bonds. The van der Waals surface area contributed by atoms with Crippen LogP contribution in [0.2, 0.25) is 0 Å². The van der Waals surface area contributed by atoms with Crippen molar-refractivity contribution in [3.05, 3.63) is 52.5 Å². The van der Waals surface area contributed by atoms with Crippen LogP contribution in [0.1, 0.15) is 27.9 Å². The van der Waals surface area contributed by atoms with Gasteiger partial charge in [0.05, 0.1) is 17.1 Å². The van der Waals surface area contributed by atoms with Gasteiger partial charge >= 0.3 is 0 Å². The van der Waals surface area contributed by atoms with E-state index in [0.29, 0.717) is 0 Å². The van der Waals surface area contributed by atoms with Gasteiger partial charge in [-0.1, -0.05) is 30.3 Å². The van der Waals surface area contributed by atoms with Gasteiger partial charge in [-0.3, -0.25) is 9.48 Å². The number of carbonyl (C=O) groups is 1. The number of aromatic nitrogens is 2. The molecule has 1 saturated heterocycles. The molecule has 2 aromatic heterocycles. The summed E-state index contributed by atoms with van der Waals surface area (Å²) < 4.78 is 2.02. The first-order valence-electron chi connectivity index (χ1n) is 8.66. The second-order valence-electron chi connectivity index (χ2n) is 6.61. The van der Waals surface area contributed by atoms with Gasteiger partial charge in [0, 0.05) is 31.1 Å². The number of nitrogens with zero attached hydrogens (tertiary/aromatic N) is 3. The average Bonchev–Trinajstić information content (AvgIpc) is 3.18. The topological polar surface area (TPSA) is 50.2 Å². The summed E-state index contributed by atoms with van der Waals surface area (Å²) in [6.07, 6.45) is 0. The molecule has 0 spiro atoms. The first-order valence-corrected chi connectivity index (χ1v) is 9.47. The summed E-state index contributed by atoms with van der Waals surface area (Å²) in [6.45, 7) is 7.32. The fraction of sp³-hybridized carbons (Fsp3) is 0.368. The molecule has 1 aliphatic rings. The van der Waals surface area contributed by atoms with Crippen molar-refractivity contribution >= 4 is 27.5 Å². The Balaban J connectivity index is 1.66. The summed E-state index contributed by atoms with van der Waals surface area (Å²) in [6, 6.07) is 12.5. The van der Waals surface area contributed by atoms with E-state index in [9.17, 15) is 4.79 Å². The van der Waals surface area contributed by atoms with E-state index in [1.807, 2.05) is 40.8 Å². The average molecular weight is 354 g/mol. The van der Waals surface area contributed by atoms with E-state index in [-0.39, 0.29) is 11.9 Å². The molecule has 0 radical (unpaired) electrons. The Bertz CT molecular complexity index is 899. The third-order valence-corrected chi connectivity index (χ3v) is 5.89. The summed E-state index contributed by atoms with van der Waals surface area (Å²) in [5.74, 6) is 0.140. The van der Waals surface area contributed by atoms with Gasteiger partial charge in [-0.25, -0.2) is 0 Å². The smallest absolute Gasteiger partial charge is 0.264 e. The molecule has 0 bridgehead atoms. The van der Waals surface area contributed by atoms with Crippen LogP contribution < -0.4 is 5.32 Å². The SMILES string of the molecule is Cc1nn(Cc2ccccc2)c2sc(C(=O)N3CCNCC3C)cc12. The lowest BCUT2D eigenvalue weighted by Gasteiger charge is -2.33. The Kier molecular flexibility index (Phi) is 4.31. The van der Waals surface area contributed by atoms with E-state index in [0.717, 1.165) is 47.0 Å². The van der Waals surface area contributed by atoms with Crippen LogP contribution in [0.15, 0.2) is 36.4 Å². The highest BCUT2D eigenvalue weighted by molar-refractivity contribution is 7.20. The molecule has 1 fully saturated rings. The quantitative estimate of drug-likeness (QED) is 0.787. The van der Waals surface area contributed by atoms with Crippen molar-refractivity contribution in [1.82, 2.24) is 20.0 Å². The number of hydrogen-bond acceptors (Lipinski definition) is 4. The highest BCUT2D eigenvalue weighted by atomic mass is 32.1. The molecule has 1 atom stereocenters. The number of thiophene rings is 1. The normalized spacial score (nSPS) is 18.0. The molecule has 4 rings (SSSR count).